The van der Waals surface area contributed by atoms with Gasteiger partial charge in [-0.3, -0.25) is 4.99 Å². The summed E-state index contributed by atoms with van der Waals surface area (Å²) in [7, 11) is 0. The van der Waals surface area contributed by atoms with Gasteiger partial charge in [-0.15, -0.1) is 0 Å². The second-order valence-electron chi connectivity index (χ2n) is 4.15. The van der Waals surface area contributed by atoms with Crippen LogP contribution < -0.4 is 0 Å². The zero-order valence-electron chi connectivity index (χ0n) is 10.5. The molecule has 0 saturated carbocycles. The van der Waals surface area contributed by atoms with Gasteiger partial charge in [0.15, 0.2) is 0 Å². The highest BCUT2D eigenvalue weighted by Gasteiger charge is 1.98. The normalized spacial score (nSPS) is 13.2. The molecule has 1 heteroatoms. The van der Waals surface area contributed by atoms with Crippen LogP contribution in [0.3, 0.4) is 0 Å². The van der Waals surface area contributed by atoms with E-state index in [0.717, 1.165) is 0 Å². The summed E-state index contributed by atoms with van der Waals surface area (Å²) >= 11 is 0. The molecule has 0 fully saturated rings. The van der Waals surface area contributed by atoms with Crippen molar-refractivity contribution in [2.45, 2.75) is 13.0 Å². The number of benzene rings is 2. The predicted molar refractivity (Wildman–Crippen MR) is 78.8 cm³/mol. The highest BCUT2D eigenvalue weighted by atomic mass is 14.7. The zero-order chi connectivity index (χ0) is 12.6. The van der Waals surface area contributed by atoms with Crippen LogP contribution in [0.2, 0.25) is 0 Å². The topological polar surface area (TPSA) is 12.4 Å². The summed E-state index contributed by atoms with van der Waals surface area (Å²) in [5.74, 6) is 0. The summed E-state index contributed by atoms with van der Waals surface area (Å²) in [6, 6.07) is 20.7. The van der Waals surface area contributed by atoms with E-state index < -0.39 is 0 Å². The average molecular weight is 235 g/mol. The van der Waals surface area contributed by atoms with Crippen LogP contribution >= 0.6 is 0 Å². The van der Waals surface area contributed by atoms with Crippen molar-refractivity contribution in [3.05, 3.63) is 77.9 Å². The Morgan fingerprint density at radius 1 is 0.889 bits per heavy atom. The fourth-order valence-corrected chi connectivity index (χ4v) is 1.71. The molecule has 0 aliphatic heterocycles. The molecule has 2 aromatic rings. The van der Waals surface area contributed by atoms with E-state index in [2.05, 4.69) is 42.3 Å². The highest BCUT2D eigenvalue weighted by Crippen LogP contribution is 2.14. The Morgan fingerprint density at radius 2 is 1.50 bits per heavy atom. The van der Waals surface area contributed by atoms with Gasteiger partial charge < -0.3 is 0 Å². The molecule has 0 aliphatic rings. The van der Waals surface area contributed by atoms with Gasteiger partial charge in [-0.25, -0.2) is 0 Å². The molecule has 0 aliphatic carbocycles. The molecule has 1 atom stereocenters. The van der Waals surface area contributed by atoms with Crippen molar-refractivity contribution in [1.29, 1.82) is 0 Å². The Labute approximate surface area is 109 Å². The van der Waals surface area contributed by atoms with Crippen molar-refractivity contribution in [2.24, 2.45) is 4.99 Å². The second-order valence-corrected chi connectivity index (χ2v) is 4.15. The fraction of sp³-hybridized carbons (Fsp3) is 0.118. The minimum Gasteiger partial charge on any atom is -0.285 e. The van der Waals surface area contributed by atoms with Gasteiger partial charge in [0.2, 0.25) is 0 Å². The predicted octanol–water partition coefficient (Wildman–Crippen LogP) is 4.53. The molecule has 2 rings (SSSR count). The molecule has 1 nitrogen and oxygen atoms in total. The molecule has 0 unspecified atom stereocenters. The van der Waals surface area contributed by atoms with Crippen molar-refractivity contribution in [1.82, 2.24) is 0 Å². The van der Waals surface area contributed by atoms with Gasteiger partial charge >= 0.3 is 0 Å². The molecule has 18 heavy (non-hydrogen) atoms. The smallest absolute Gasteiger partial charge is 0.0720 e. The van der Waals surface area contributed by atoms with E-state index in [1.54, 1.807) is 0 Å². The molecule has 0 saturated heterocycles. The number of aliphatic imine (C=N–C) groups is 1. The molecular weight excluding hydrogens is 218 g/mol. The molecule has 0 amide bonds. The third-order valence-electron chi connectivity index (χ3n) is 2.77. The Bertz CT molecular complexity index is 512. The average Bonchev–Trinajstić information content (AvgIpc) is 2.45. The van der Waals surface area contributed by atoms with Crippen molar-refractivity contribution in [3.8, 4) is 0 Å². The van der Waals surface area contributed by atoms with Gasteiger partial charge in [0, 0.05) is 6.21 Å². The molecule has 0 heterocycles. The van der Waals surface area contributed by atoms with Gasteiger partial charge in [0.25, 0.3) is 0 Å². The van der Waals surface area contributed by atoms with Gasteiger partial charge in [0.05, 0.1) is 6.04 Å². The lowest BCUT2D eigenvalue weighted by Crippen LogP contribution is -1.88. The van der Waals surface area contributed by atoms with Gasteiger partial charge in [0.1, 0.15) is 0 Å². The standard InChI is InChI=1S/C17H17N/c1-15(17-12-6-3-7-13-17)18-14-8-11-16-9-4-2-5-10-16/h2-15H,1H3/t15-/m1/s1. The summed E-state index contributed by atoms with van der Waals surface area (Å²) in [6.07, 6.45) is 5.90. The first-order valence-electron chi connectivity index (χ1n) is 6.16. The van der Waals surface area contributed by atoms with Crippen LogP contribution in [-0.4, -0.2) is 6.21 Å². The van der Waals surface area contributed by atoms with Crippen LogP contribution in [0.4, 0.5) is 0 Å². The number of allylic oxidation sites excluding steroid dienone is 1. The molecule has 0 aromatic heterocycles. The van der Waals surface area contributed by atoms with E-state index in [-0.39, 0.29) is 6.04 Å². The number of hydrogen-bond donors (Lipinski definition) is 0. The van der Waals surface area contributed by atoms with Crippen LogP contribution in [0.15, 0.2) is 71.7 Å². The van der Waals surface area contributed by atoms with Gasteiger partial charge in [-0.2, -0.15) is 0 Å². The lowest BCUT2D eigenvalue weighted by molar-refractivity contribution is 0.826. The van der Waals surface area contributed by atoms with E-state index in [1.165, 1.54) is 11.1 Å². The maximum Gasteiger partial charge on any atom is 0.0720 e. The van der Waals surface area contributed by atoms with E-state index in [0.29, 0.717) is 0 Å². The summed E-state index contributed by atoms with van der Waals surface area (Å²) in [6.45, 7) is 2.10. The molecular formula is C17H17N. The van der Waals surface area contributed by atoms with Crippen molar-refractivity contribution in [2.75, 3.05) is 0 Å². The maximum atomic E-state index is 4.50. The van der Waals surface area contributed by atoms with Crippen LogP contribution in [0.1, 0.15) is 24.1 Å². The summed E-state index contributed by atoms with van der Waals surface area (Å²) in [5, 5.41) is 0. The van der Waals surface area contributed by atoms with Crippen LogP contribution in [0.5, 0.6) is 0 Å². The largest absolute Gasteiger partial charge is 0.285 e. The third-order valence-corrected chi connectivity index (χ3v) is 2.77. The quantitative estimate of drug-likeness (QED) is 0.690. The molecule has 0 N–H and O–H groups in total. The molecule has 2 aromatic carbocycles. The lowest BCUT2D eigenvalue weighted by atomic mass is 10.1. The first-order chi connectivity index (χ1) is 8.86. The van der Waals surface area contributed by atoms with Crippen molar-refractivity contribution in [3.63, 3.8) is 0 Å². The van der Waals surface area contributed by atoms with E-state index in [4.69, 9.17) is 0 Å². The van der Waals surface area contributed by atoms with Crippen LogP contribution in [0, 0.1) is 0 Å². The molecule has 90 valence electrons. The zero-order valence-corrected chi connectivity index (χ0v) is 10.5. The van der Waals surface area contributed by atoms with E-state index in [1.807, 2.05) is 48.7 Å². The Balaban J connectivity index is 1.94. The Kier molecular flexibility index (Phi) is 4.48. The minimum absolute atomic E-state index is 0.201. The molecule has 0 bridgehead atoms. The van der Waals surface area contributed by atoms with E-state index in [9.17, 15) is 0 Å². The van der Waals surface area contributed by atoms with Crippen molar-refractivity contribution >= 4 is 12.3 Å². The highest BCUT2D eigenvalue weighted by molar-refractivity contribution is 5.78. The van der Waals surface area contributed by atoms with Gasteiger partial charge in [-0.05, 0) is 24.1 Å². The Morgan fingerprint density at radius 3 is 2.17 bits per heavy atom. The number of nitrogens with zero attached hydrogens (tertiary/aromatic N) is 1. The summed E-state index contributed by atoms with van der Waals surface area (Å²) < 4.78 is 0. The van der Waals surface area contributed by atoms with Crippen molar-refractivity contribution < 1.29 is 0 Å². The number of rotatable bonds is 4. The third kappa shape index (κ3) is 3.70. The monoisotopic (exact) mass is 235 g/mol. The summed E-state index contributed by atoms with van der Waals surface area (Å²) in [4.78, 5) is 4.50. The SMILES string of the molecule is C[C@@H](N=CC=Cc1ccccc1)c1ccccc1. The second kappa shape index (κ2) is 6.55. The summed E-state index contributed by atoms with van der Waals surface area (Å²) in [5.41, 5.74) is 2.43. The van der Waals surface area contributed by atoms with E-state index >= 15 is 0 Å². The van der Waals surface area contributed by atoms with Gasteiger partial charge in [-0.1, -0.05) is 66.7 Å². The Hall–Kier alpha value is -2.15. The van der Waals surface area contributed by atoms with Crippen LogP contribution in [0.25, 0.3) is 6.08 Å². The number of hydrogen-bond acceptors (Lipinski definition) is 1. The molecule has 0 radical (unpaired) electrons. The lowest BCUT2D eigenvalue weighted by Gasteiger charge is -2.04. The first kappa shape index (κ1) is 12.3. The molecule has 0 spiro atoms. The van der Waals surface area contributed by atoms with Crippen LogP contribution in [-0.2, 0) is 0 Å². The maximum absolute atomic E-state index is 4.50. The minimum atomic E-state index is 0.201. The first-order valence-corrected chi connectivity index (χ1v) is 6.16. The fourth-order valence-electron chi connectivity index (χ4n) is 1.71.